The Morgan fingerprint density at radius 2 is 2.40 bits per heavy atom. The highest BCUT2D eigenvalue weighted by molar-refractivity contribution is 6.18. The number of carbonyl (C=O) groups is 1. The molecule has 0 aromatic rings. The monoisotopic (exact) mass is 233 g/mol. The highest BCUT2D eigenvalue weighted by atomic mass is 35.5. The lowest BCUT2D eigenvalue weighted by atomic mass is 10.0. The van der Waals surface area contributed by atoms with Gasteiger partial charge in [-0.15, -0.1) is 11.6 Å². The molecule has 1 amide bonds. The summed E-state index contributed by atoms with van der Waals surface area (Å²) in [5, 5.41) is 2.97. The molecular formula is C11H20ClNO2. The van der Waals surface area contributed by atoms with E-state index < -0.39 is 0 Å². The topological polar surface area (TPSA) is 38.3 Å². The standard InChI is InChI=1S/C11H20ClNO2/c1-3-11(2,8-12)13-10(14)7-9-5-4-6-15-9/h9H,3-8H2,1-2H3,(H,13,14). The first kappa shape index (κ1) is 12.8. The molecule has 0 bridgehead atoms. The zero-order valence-electron chi connectivity index (χ0n) is 9.51. The zero-order chi connectivity index (χ0) is 11.3. The average molecular weight is 234 g/mol. The molecule has 1 saturated heterocycles. The normalized spacial score (nSPS) is 24.9. The molecule has 0 aromatic carbocycles. The van der Waals surface area contributed by atoms with Gasteiger partial charge in [0.1, 0.15) is 0 Å². The lowest BCUT2D eigenvalue weighted by Gasteiger charge is -2.27. The van der Waals surface area contributed by atoms with Gasteiger partial charge < -0.3 is 10.1 Å². The molecule has 2 unspecified atom stereocenters. The van der Waals surface area contributed by atoms with Crippen LogP contribution < -0.4 is 5.32 Å². The van der Waals surface area contributed by atoms with E-state index in [-0.39, 0.29) is 17.6 Å². The quantitative estimate of drug-likeness (QED) is 0.739. The molecule has 0 saturated carbocycles. The summed E-state index contributed by atoms with van der Waals surface area (Å²) in [4.78, 5) is 11.7. The number of nitrogens with one attached hydrogen (secondary N) is 1. The molecule has 1 aliphatic heterocycles. The largest absolute Gasteiger partial charge is 0.378 e. The van der Waals surface area contributed by atoms with Crippen molar-refractivity contribution in [3.8, 4) is 0 Å². The molecule has 1 fully saturated rings. The van der Waals surface area contributed by atoms with Crippen molar-refractivity contribution in [3.05, 3.63) is 0 Å². The van der Waals surface area contributed by atoms with Crippen LogP contribution >= 0.6 is 11.6 Å². The van der Waals surface area contributed by atoms with Crippen LogP contribution in [0.15, 0.2) is 0 Å². The molecule has 1 N–H and O–H groups in total. The van der Waals surface area contributed by atoms with Crippen molar-refractivity contribution in [2.75, 3.05) is 12.5 Å². The highest BCUT2D eigenvalue weighted by Gasteiger charge is 2.25. The Labute approximate surface area is 96.5 Å². The van der Waals surface area contributed by atoms with Crippen LogP contribution in [0.1, 0.15) is 39.5 Å². The molecule has 88 valence electrons. The minimum Gasteiger partial charge on any atom is -0.378 e. The van der Waals surface area contributed by atoms with E-state index in [1.54, 1.807) is 0 Å². The summed E-state index contributed by atoms with van der Waals surface area (Å²) in [5.41, 5.74) is -0.281. The van der Waals surface area contributed by atoms with Crippen LogP contribution in [0.2, 0.25) is 0 Å². The summed E-state index contributed by atoms with van der Waals surface area (Å²) in [7, 11) is 0. The molecule has 15 heavy (non-hydrogen) atoms. The van der Waals surface area contributed by atoms with Crippen molar-refractivity contribution >= 4 is 17.5 Å². The van der Waals surface area contributed by atoms with Gasteiger partial charge in [-0.1, -0.05) is 6.92 Å². The number of hydrogen-bond donors (Lipinski definition) is 1. The molecule has 3 nitrogen and oxygen atoms in total. The molecule has 2 atom stereocenters. The van der Waals surface area contributed by atoms with Crippen LogP contribution in [-0.4, -0.2) is 30.0 Å². The van der Waals surface area contributed by atoms with Gasteiger partial charge in [-0.2, -0.15) is 0 Å². The Morgan fingerprint density at radius 3 is 2.87 bits per heavy atom. The molecule has 0 radical (unpaired) electrons. The van der Waals surface area contributed by atoms with E-state index in [0.717, 1.165) is 25.9 Å². The first-order valence-corrected chi connectivity index (χ1v) is 6.11. The van der Waals surface area contributed by atoms with E-state index >= 15 is 0 Å². The summed E-state index contributed by atoms with van der Waals surface area (Å²) in [6.45, 7) is 4.78. The molecule has 0 aromatic heterocycles. The predicted molar refractivity (Wildman–Crippen MR) is 61.1 cm³/mol. The Balaban J connectivity index is 2.33. The lowest BCUT2D eigenvalue weighted by molar-refractivity contribution is -0.124. The lowest BCUT2D eigenvalue weighted by Crippen LogP contribution is -2.47. The van der Waals surface area contributed by atoms with Crippen molar-refractivity contribution in [3.63, 3.8) is 0 Å². The van der Waals surface area contributed by atoms with Crippen molar-refractivity contribution < 1.29 is 9.53 Å². The van der Waals surface area contributed by atoms with Gasteiger partial charge in [-0.25, -0.2) is 0 Å². The maximum atomic E-state index is 11.7. The first-order valence-electron chi connectivity index (χ1n) is 5.58. The average Bonchev–Trinajstić information content (AvgIpc) is 2.70. The summed E-state index contributed by atoms with van der Waals surface area (Å²) in [6, 6.07) is 0. The van der Waals surface area contributed by atoms with Gasteiger partial charge in [-0.05, 0) is 26.2 Å². The molecule has 1 heterocycles. The Morgan fingerprint density at radius 1 is 1.67 bits per heavy atom. The third-order valence-electron chi connectivity index (χ3n) is 2.95. The van der Waals surface area contributed by atoms with Crippen molar-refractivity contribution in [1.82, 2.24) is 5.32 Å². The van der Waals surface area contributed by atoms with Gasteiger partial charge >= 0.3 is 0 Å². The van der Waals surface area contributed by atoms with E-state index in [0.29, 0.717) is 12.3 Å². The fraction of sp³-hybridized carbons (Fsp3) is 0.909. The van der Waals surface area contributed by atoms with Gasteiger partial charge in [0.2, 0.25) is 5.91 Å². The van der Waals surface area contributed by atoms with Crippen molar-refractivity contribution in [2.24, 2.45) is 0 Å². The predicted octanol–water partition coefficient (Wildman–Crippen LogP) is 2.08. The molecule has 0 spiro atoms. The van der Waals surface area contributed by atoms with Crippen molar-refractivity contribution in [2.45, 2.75) is 51.2 Å². The Kier molecular flexibility index (Phi) is 4.87. The van der Waals surface area contributed by atoms with E-state index in [1.165, 1.54) is 0 Å². The van der Waals surface area contributed by atoms with Gasteiger partial charge in [-0.3, -0.25) is 4.79 Å². The number of halogens is 1. The maximum Gasteiger partial charge on any atom is 0.223 e. The smallest absolute Gasteiger partial charge is 0.223 e. The van der Waals surface area contributed by atoms with Gasteiger partial charge in [0.25, 0.3) is 0 Å². The molecule has 4 heteroatoms. The fourth-order valence-electron chi connectivity index (χ4n) is 1.62. The Hall–Kier alpha value is -0.280. The third kappa shape index (κ3) is 3.99. The van der Waals surface area contributed by atoms with Crippen LogP contribution in [0.25, 0.3) is 0 Å². The second-order valence-electron chi connectivity index (χ2n) is 4.44. The second kappa shape index (κ2) is 5.71. The van der Waals surface area contributed by atoms with Crippen LogP contribution in [0.5, 0.6) is 0 Å². The minimum atomic E-state index is -0.281. The number of carbonyl (C=O) groups excluding carboxylic acids is 1. The number of amides is 1. The summed E-state index contributed by atoms with van der Waals surface area (Å²) in [5.74, 6) is 0.493. The van der Waals surface area contributed by atoms with E-state index in [2.05, 4.69) is 5.32 Å². The maximum absolute atomic E-state index is 11.7. The number of ether oxygens (including phenoxy) is 1. The minimum absolute atomic E-state index is 0.0481. The fourth-order valence-corrected chi connectivity index (χ4v) is 1.87. The third-order valence-corrected chi connectivity index (χ3v) is 3.54. The van der Waals surface area contributed by atoms with Crippen molar-refractivity contribution in [1.29, 1.82) is 0 Å². The number of rotatable bonds is 5. The summed E-state index contributed by atoms with van der Waals surface area (Å²) < 4.78 is 5.41. The van der Waals surface area contributed by atoms with Crippen LogP contribution in [0.3, 0.4) is 0 Å². The SMILES string of the molecule is CCC(C)(CCl)NC(=O)CC1CCCO1. The second-order valence-corrected chi connectivity index (χ2v) is 4.70. The first-order chi connectivity index (χ1) is 7.09. The number of alkyl halides is 1. The zero-order valence-corrected chi connectivity index (χ0v) is 10.3. The molecular weight excluding hydrogens is 214 g/mol. The van der Waals surface area contributed by atoms with Crippen LogP contribution in [-0.2, 0) is 9.53 Å². The van der Waals surface area contributed by atoms with Crippen LogP contribution in [0, 0.1) is 0 Å². The van der Waals surface area contributed by atoms with Gasteiger partial charge in [0.15, 0.2) is 0 Å². The summed E-state index contributed by atoms with van der Waals surface area (Å²) >= 11 is 5.82. The molecule has 1 aliphatic rings. The van der Waals surface area contributed by atoms with Gasteiger partial charge in [0, 0.05) is 12.5 Å². The molecule has 0 aliphatic carbocycles. The molecule has 1 rings (SSSR count). The number of hydrogen-bond acceptors (Lipinski definition) is 2. The van der Waals surface area contributed by atoms with E-state index in [1.807, 2.05) is 13.8 Å². The Bertz CT molecular complexity index is 211. The van der Waals surface area contributed by atoms with E-state index in [4.69, 9.17) is 16.3 Å². The van der Waals surface area contributed by atoms with E-state index in [9.17, 15) is 4.79 Å². The highest BCUT2D eigenvalue weighted by Crippen LogP contribution is 2.17. The summed E-state index contributed by atoms with van der Waals surface area (Å²) in [6.07, 6.45) is 3.48. The van der Waals surface area contributed by atoms with Gasteiger partial charge in [0.05, 0.1) is 18.1 Å². The van der Waals surface area contributed by atoms with Crippen LogP contribution in [0.4, 0.5) is 0 Å².